The van der Waals surface area contributed by atoms with Crippen molar-refractivity contribution in [2.75, 3.05) is 0 Å². The topological polar surface area (TPSA) is 59.8 Å². The van der Waals surface area contributed by atoms with Gasteiger partial charge in [0.15, 0.2) is 0 Å². The lowest BCUT2D eigenvalue weighted by Gasteiger charge is -2.15. The molecule has 0 aliphatic heterocycles. The molecule has 0 aliphatic carbocycles. The summed E-state index contributed by atoms with van der Waals surface area (Å²) in [5.74, 6) is -0.389. The number of amides is 1. The predicted molar refractivity (Wildman–Crippen MR) is 119 cm³/mol. The molecule has 5 nitrogen and oxygen atoms in total. The number of aromatic nitrogens is 3. The smallest absolute Gasteiger partial charge is 0.345 e. The van der Waals surface area contributed by atoms with Crippen LogP contribution in [0.1, 0.15) is 40.1 Å². The molecule has 8 heteroatoms. The largest absolute Gasteiger partial charge is 0.433 e. The molecule has 0 bridgehead atoms. The first-order valence-corrected chi connectivity index (χ1v) is 10.3. The monoisotopic (exact) mass is 450 g/mol. The Kier molecular flexibility index (Phi) is 6.00. The number of hydrogen-bond donors (Lipinski definition) is 1. The van der Waals surface area contributed by atoms with E-state index in [0.717, 1.165) is 29.1 Å². The molecular weight excluding hydrogens is 429 g/mol. The molecule has 4 aromatic rings. The summed E-state index contributed by atoms with van der Waals surface area (Å²) in [6, 6.07) is 18.7. The highest BCUT2D eigenvalue weighted by molar-refractivity contribution is 6.00. The van der Waals surface area contributed by atoms with Crippen molar-refractivity contribution in [3.05, 3.63) is 102 Å². The van der Waals surface area contributed by atoms with Crippen LogP contribution in [0.4, 0.5) is 13.2 Å². The first-order chi connectivity index (χ1) is 15.7. The van der Waals surface area contributed by atoms with Crippen molar-refractivity contribution >= 4 is 5.91 Å². The number of nitrogens with one attached hydrogen (secondary N) is 1. The van der Waals surface area contributed by atoms with Crippen LogP contribution in [-0.4, -0.2) is 20.7 Å². The number of alkyl halides is 3. The van der Waals surface area contributed by atoms with Gasteiger partial charge in [0.2, 0.25) is 0 Å². The minimum absolute atomic E-state index is 0.355. The summed E-state index contributed by atoms with van der Waals surface area (Å²) in [5, 5.41) is 7.48. The summed E-state index contributed by atoms with van der Waals surface area (Å²) in [4.78, 5) is 16.7. The quantitative estimate of drug-likeness (QED) is 0.421. The van der Waals surface area contributed by atoms with Crippen LogP contribution in [0.3, 0.4) is 0 Å². The van der Waals surface area contributed by atoms with Crippen LogP contribution < -0.4 is 5.32 Å². The van der Waals surface area contributed by atoms with E-state index >= 15 is 0 Å². The van der Waals surface area contributed by atoms with Gasteiger partial charge in [-0.2, -0.15) is 18.3 Å². The maximum Gasteiger partial charge on any atom is 0.433 e. The van der Waals surface area contributed by atoms with Crippen LogP contribution in [0.2, 0.25) is 0 Å². The third-order valence-corrected chi connectivity index (χ3v) is 5.23. The Hall–Kier alpha value is -3.94. The minimum Gasteiger partial charge on any atom is -0.345 e. The van der Waals surface area contributed by atoms with Gasteiger partial charge in [-0.15, -0.1) is 0 Å². The van der Waals surface area contributed by atoms with E-state index < -0.39 is 17.9 Å². The van der Waals surface area contributed by atoms with Gasteiger partial charge < -0.3 is 5.32 Å². The number of aryl methyl sites for hydroxylation is 1. The highest BCUT2D eigenvalue weighted by Crippen LogP contribution is 2.28. The second kappa shape index (κ2) is 8.90. The molecule has 168 valence electrons. The second-order valence-electron chi connectivity index (χ2n) is 7.71. The molecule has 2 heterocycles. The van der Waals surface area contributed by atoms with E-state index in [4.69, 9.17) is 0 Å². The summed E-state index contributed by atoms with van der Waals surface area (Å²) >= 11 is 0. The molecule has 1 amide bonds. The molecule has 1 N–H and O–H groups in total. The third kappa shape index (κ3) is 4.95. The summed E-state index contributed by atoms with van der Waals surface area (Å²) < 4.78 is 40.0. The van der Waals surface area contributed by atoms with Gasteiger partial charge in [-0.1, -0.05) is 54.1 Å². The molecule has 0 aliphatic rings. The highest BCUT2D eigenvalue weighted by Gasteiger charge is 2.32. The van der Waals surface area contributed by atoms with E-state index in [1.54, 1.807) is 17.8 Å². The molecular formula is C25H21F3N4O. The zero-order chi connectivity index (χ0) is 23.6. The number of pyridine rings is 1. The van der Waals surface area contributed by atoms with Crippen LogP contribution in [0.5, 0.6) is 0 Å². The summed E-state index contributed by atoms with van der Waals surface area (Å²) in [7, 11) is 0. The second-order valence-corrected chi connectivity index (χ2v) is 7.71. The van der Waals surface area contributed by atoms with Gasteiger partial charge >= 0.3 is 6.18 Å². The number of benzene rings is 2. The van der Waals surface area contributed by atoms with Crippen LogP contribution in [-0.2, 0) is 6.18 Å². The Morgan fingerprint density at radius 2 is 1.70 bits per heavy atom. The van der Waals surface area contributed by atoms with E-state index in [1.165, 1.54) is 6.07 Å². The number of nitrogens with zero attached hydrogens (tertiary/aromatic N) is 3. The van der Waals surface area contributed by atoms with Crippen LogP contribution in [0.25, 0.3) is 16.9 Å². The van der Waals surface area contributed by atoms with E-state index in [0.29, 0.717) is 16.8 Å². The van der Waals surface area contributed by atoms with Crippen LogP contribution in [0.15, 0.2) is 79.1 Å². The average molecular weight is 450 g/mol. The summed E-state index contributed by atoms with van der Waals surface area (Å²) in [5.41, 5.74) is 3.03. The van der Waals surface area contributed by atoms with E-state index in [2.05, 4.69) is 15.4 Å². The summed E-state index contributed by atoms with van der Waals surface area (Å²) in [6.07, 6.45) is -1.73. The Labute approximate surface area is 188 Å². The Balaban J connectivity index is 1.64. The number of halogens is 3. The average Bonchev–Trinajstić information content (AvgIpc) is 3.25. The molecule has 1 atom stereocenters. The van der Waals surface area contributed by atoms with Crippen LogP contribution in [0, 0.1) is 6.92 Å². The SMILES string of the molecule is Cc1ccc(-n2cc(C(=O)N[C@H](C)c3ccc(C(F)(F)F)nc3)c(-c3ccccc3)n2)cc1. The van der Waals surface area contributed by atoms with E-state index in [-0.39, 0.29) is 5.91 Å². The molecule has 2 aromatic heterocycles. The van der Waals surface area contributed by atoms with Gasteiger partial charge in [-0.05, 0) is 37.6 Å². The van der Waals surface area contributed by atoms with Crippen molar-refractivity contribution in [1.29, 1.82) is 0 Å². The fourth-order valence-electron chi connectivity index (χ4n) is 3.37. The van der Waals surface area contributed by atoms with Gasteiger partial charge in [0.25, 0.3) is 5.91 Å². The first-order valence-electron chi connectivity index (χ1n) is 10.3. The Morgan fingerprint density at radius 3 is 2.30 bits per heavy atom. The Morgan fingerprint density at radius 1 is 1.00 bits per heavy atom. The molecule has 33 heavy (non-hydrogen) atoms. The zero-order valence-corrected chi connectivity index (χ0v) is 18.0. The van der Waals surface area contributed by atoms with E-state index in [9.17, 15) is 18.0 Å². The number of carbonyl (C=O) groups excluding carboxylic acids is 1. The van der Waals surface area contributed by atoms with Crippen molar-refractivity contribution in [2.45, 2.75) is 26.1 Å². The fourth-order valence-corrected chi connectivity index (χ4v) is 3.37. The lowest BCUT2D eigenvalue weighted by atomic mass is 10.1. The lowest BCUT2D eigenvalue weighted by molar-refractivity contribution is -0.141. The van der Waals surface area contributed by atoms with Crippen molar-refractivity contribution in [2.24, 2.45) is 0 Å². The normalized spacial score (nSPS) is 12.4. The highest BCUT2D eigenvalue weighted by atomic mass is 19.4. The first kappa shape index (κ1) is 22.3. The maximum absolute atomic E-state index is 13.2. The number of hydrogen-bond acceptors (Lipinski definition) is 3. The number of rotatable bonds is 5. The lowest BCUT2D eigenvalue weighted by Crippen LogP contribution is -2.27. The Bertz CT molecular complexity index is 1250. The van der Waals surface area contributed by atoms with Crippen molar-refractivity contribution in [3.63, 3.8) is 0 Å². The molecule has 0 fully saturated rings. The molecule has 2 aromatic carbocycles. The summed E-state index contributed by atoms with van der Waals surface area (Å²) in [6.45, 7) is 3.67. The van der Waals surface area contributed by atoms with Gasteiger partial charge in [0, 0.05) is 18.0 Å². The van der Waals surface area contributed by atoms with Gasteiger partial charge in [-0.3, -0.25) is 9.78 Å². The standard InChI is InChI=1S/C25H21F3N4O/c1-16-8-11-20(12-9-16)32-15-21(23(31-32)18-6-4-3-5-7-18)24(33)30-17(2)19-10-13-22(29-14-19)25(26,27)28/h3-15,17H,1-2H3,(H,30,33)/t17-/m1/s1. The number of carbonyl (C=O) groups is 1. The van der Waals surface area contributed by atoms with Crippen molar-refractivity contribution in [3.8, 4) is 16.9 Å². The third-order valence-electron chi connectivity index (χ3n) is 5.23. The van der Waals surface area contributed by atoms with Crippen molar-refractivity contribution < 1.29 is 18.0 Å². The van der Waals surface area contributed by atoms with E-state index in [1.807, 2.05) is 61.5 Å². The zero-order valence-electron chi connectivity index (χ0n) is 18.0. The molecule has 0 saturated carbocycles. The molecule has 0 spiro atoms. The molecule has 4 rings (SSSR count). The van der Waals surface area contributed by atoms with Gasteiger partial charge in [0.1, 0.15) is 11.4 Å². The van der Waals surface area contributed by atoms with Gasteiger partial charge in [0.05, 0.1) is 17.3 Å². The molecule has 0 radical (unpaired) electrons. The molecule has 0 saturated heterocycles. The van der Waals surface area contributed by atoms with Crippen molar-refractivity contribution in [1.82, 2.24) is 20.1 Å². The van der Waals surface area contributed by atoms with Crippen LogP contribution >= 0.6 is 0 Å². The van der Waals surface area contributed by atoms with Gasteiger partial charge in [-0.25, -0.2) is 4.68 Å². The molecule has 0 unspecified atom stereocenters. The minimum atomic E-state index is -4.51. The maximum atomic E-state index is 13.2. The fraction of sp³-hybridized carbons (Fsp3) is 0.160. The predicted octanol–water partition coefficient (Wildman–Crippen LogP) is 5.75.